The Labute approximate surface area is 202 Å². The van der Waals surface area contributed by atoms with E-state index >= 15 is 0 Å². The predicted octanol–water partition coefficient (Wildman–Crippen LogP) is 3.10. The third-order valence-electron chi connectivity index (χ3n) is 6.13. The minimum atomic E-state index is -1.04. The average molecular weight is 489 g/mol. The molecule has 0 radical (unpaired) electrons. The van der Waals surface area contributed by atoms with Crippen LogP contribution in [-0.4, -0.2) is 50.8 Å². The summed E-state index contributed by atoms with van der Waals surface area (Å²) in [5, 5.41) is 21.0. The molecule has 1 atom stereocenters. The van der Waals surface area contributed by atoms with Crippen LogP contribution in [0.2, 0.25) is 5.02 Å². The summed E-state index contributed by atoms with van der Waals surface area (Å²) in [6.45, 7) is 0. The van der Waals surface area contributed by atoms with E-state index < -0.39 is 5.97 Å². The number of aromatic carboxylic acids is 1. The third-order valence-corrected chi connectivity index (χ3v) is 6.37. The van der Waals surface area contributed by atoms with Crippen molar-refractivity contribution in [2.24, 2.45) is 0 Å². The number of tetrazole rings is 1. The Morgan fingerprint density at radius 2 is 2.06 bits per heavy atom. The molecule has 0 fully saturated rings. The van der Waals surface area contributed by atoms with Crippen molar-refractivity contribution in [3.63, 3.8) is 0 Å². The molecule has 5 heterocycles. The predicted molar refractivity (Wildman–Crippen MR) is 126 cm³/mol. The summed E-state index contributed by atoms with van der Waals surface area (Å²) < 4.78 is 3.27. The van der Waals surface area contributed by atoms with E-state index in [1.54, 1.807) is 35.2 Å². The number of benzene rings is 1. The van der Waals surface area contributed by atoms with Crippen LogP contribution in [0.15, 0.2) is 59.9 Å². The zero-order valence-electron chi connectivity index (χ0n) is 18.0. The molecule has 0 saturated carbocycles. The van der Waals surface area contributed by atoms with E-state index in [1.807, 2.05) is 12.1 Å². The maximum Gasteiger partial charge on any atom is 0.352 e. The highest BCUT2D eigenvalue weighted by atomic mass is 35.5. The lowest BCUT2D eigenvalue weighted by Gasteiger charge is -2.15. The molecule has 0 aliphatic carbocycles. The molecule has 0 unspecified atom stereocenters. The molecule has 11 nitrogen and oxygen atoms in total. The van der Waals surface area contributed by atoms with Gasteiger partial charge in [-0.05, 0) is 59.2 Å². The molecule has 12 heteroatoms. The van der Waals surface area contributed by atoms with Gasteiger partial charge in [0.15, 0.2) is 0 Å². The maximum atomic E-state index is 13.3. The minimum absolute atomic E-state index is 0.0909. The lowest BCUT2D eigenvalue weighted by Crippen LogP contribution is -2.23. The first kappa shape index (κ1) is 21.1. The normalized spacial score (nSPS) is 14.8. The highest BCUT2D eigenvalue weighted by molar-refractivity contribution is 6.31. The van der Waals surface area contributed by atoms with Crippen LogP contribution < -0.4 is 5.56 Å². The van der Waals surface area contributed by atoms with E-state index in [2.05, 4.69) is 30.5 Å². The summed E-state index contributed by atoms with van der Waals surface area (Å²) in [5.74, 6) is -0.394. The van der Waals surface area contributed by atoms with Gasteiger partial charge < -0.3 is 19.6 Å². The summed E-state index contributed by atoms with van der Waals surface area (Å²) in [5.41, 5.74) is 4.35. The van der Waals surface area contributed by atoms with Gasteiger partial charge >= 0.3 is 5.97 Å². The van der Waals surface area contributed by atoms with Crippen LogP contribution in [0.4, 0.5) is 0 Å². The van der Waals surface area contributed by atoms with Crippen LogP contribution >= 0.6 is 11.6 Å². The fraction of sp³-hybridized carbons (Fsp3) is 0.130. The van der Waals surface area contributed by atoms with Crippen LogP contribution in [-0.2, 0) is 6.42 Å². The molecule has 174 valence electrons. The number of halogens is 1. The fourth-order valence-corrected chi connectivity index (χ4v) is 4.72. The van der Waals surface area contributed by atoms with E-state index in [-0.39, 0.29) is 17.3 Å². The molecule has 35 heavy (non-hydrogen) atoms. The van der Waals surface area contributed by atoms with Gasteiger partial charge in [-0.1, -0.05) is 11.6 Å². The summed E-state index contributed by atoms with van der Waals surface area (Å²) in [7, 11) is 0. The Kier molecular flexibility index (Phi) is 4.85. The molecule has 6 rings (SSSR count). The number of nitrogens with one attached hydrogen (secondary N) is 2. The number of aryl methyl sites for hydroxylation is 1. The van der Waals surface area contributed by atoms with Gasteiger partial charge in [0.2, 0.25) is 0 Å². The van der Waals surface area contributed by atoms with Crippen molar-refractivity contribution >= 4 is 17.6 Å². The SMILES string of the molecule is O=C(O)c1cc(-c2cnc([C@@H]3CCc4cc(-c5cc(Cl)ccc5-n5cnnn5)cc(=O)n43)[nH]2)c[nH]1. The first-order valence-corrected chi connectivity index (χ1v) is 11.1. The molecule has 1 aliphatic heterocycles. The second-order valence-corrected chi connectivity index (χ2v) is 8.64. The zero-order chi connectivity index (χ0) is 24.1. The van der Waals surface area contributed by atoms with E-state index in [9.17, 15) is 9.59 Å². The number of carboxylic acid groups (broad SMARTS) is 1. The monoisotopic (exact) mass is 488 g/mol. The molecule has 5 aromatic rings. The number of carboxylic acids is 1. The number of nitrogens with zero attached hydrogens (tertiary/aromatic N) is 6. The van der Waals surface area contributed by atoms with Gasteiger partial charge in [0, 0.05) is 34.1 Å². The molecule has 0 amide bonds. The topological polar surface area (TPSA) is 147 Å². The average Bonchev–Trinajstić information content (AvgIpc) is 3.64. The smallest absolute Gasteiger partial charge is 0.352 e. The molecular weight excluding hydrogens is 472 g/mol. The maximum absolute atomic E-state index is 13.3. The number of carbonyl (C=O) groups is 1. The quantitative estimate of drug-likeness (QED) is 0.344. The Hall–Kier alpha value is -4.51. The largest absolute Gasteiger partial charge is 0.477 e. The molecule has 1 aromatic carbocycles. The van der Waals surface area contributed by atoms with Crippen molar-refractivity contribution in [2.75, 3.05) is 0 Å². The minimum Gasteiger partial charge on any atom is -0.477 e. The molecule has 4 aromatic heterocycles. The standard InChI is InChI=1S/C23H17ClN8O3/c24-14-1-3-19(31-11-27-29-30-31)16(8-14)12-5-15-2-4-20(32(15)21(33)7-12)22-26-10-18(28-22)13-6-17(23(34)35)25-9-13/h1,3,5-11,20,25H,2,4H2,(H,26,28)(H,34,35)/t20-/m0/s1. The van der Waals surface area contributed by atoms with Crippen molar-refractivity contribution in [3.8, 4) is 28.1 Å². The van der Waals surface area contributed by atoms with Gasteiger partial charge in [-0.15, -0.1) is 5.10 Å². The number of hydrogen-bond donors (Lipinski definition) is 3. The number of H-pyrrole nitrogens is 2. The van der Waals surface area contributed by atoms with Crippen molar-refractivity contribution in [2.45, 2.75) is 18.9 Å². The van der Waals surface area contributed by atoms with Gasteiger partial charge in [-0.25, -0.2) is 9.78 Å². The number of fused-ring (bicyclic) bond motifs is 1. The second-order valence-electron chi connectivity index (χ2n) is 8.20. The lowest BCUT2D eigenvalue weighted by molar-refractivity contribution is 0.0691. The Balaban J connectivity index is 1.37. The fourth-order valence-electron chi connectivity index (χ4n) is 4.55. The van der Waals surface area contributed by atoms with Crippen LogP contribution in [0, 0.1) is 0 Å². The first-order chi connectivity index (χ1) is 17.0. The summed E-state index contributed by atoms with van der Waals surface area (Å²) in [6.07, 6.45) is 6.13. The van der Waals surface area contributed by atoms with Crippen molar-refractivity contribution in [3.05, 3.63) is 87.7 Å². The summed E-state index contributed by atoms with van der Waals surface area (Å²) in [4.78, 5) is 34.9. The highest BCUT2D eigenvalue weighted by Gasteiger charge is 2.28. The van der Waals surface area contributed by atoms with Gasteiger partial charge in [-0.3, -0.25) is 4.79 Å². The third kappa shape index (κ3) is 3.62. The highest BCUT2D eigenvalue weighted by Crippen LogP contribution is 2.34. The van der Waals surface area contributed by atoms with Crippen LogP contribution in [0.25, 0.3) is 28.1 Å². The van der Waals surface area contributed by atoms with Crippen LogP contribution in [0.5, 0.6) is 0 Å². The molecule has 1 aliphatic rings. The summed E-state index contributed by atoms with van der Waals surface area (Å²) in [6, 6.07) is 10.2. The number of hydrogen-bond acceptors (Lipinski definition) is 6. The molecule has 3 N–H and O–H groups in total. The van der Waals surface area contributed by atoms with E-state index in [0.29, 0.717) is 40.6 Å². The number of rotatable bonds is 5. The van der Waals surface area contributed by atoms with Gasteiger partial charge in [-0.2, -0.15) is 4.68 Å². The van der Waals surface area contributed by atoms with E-state index in [0.717, 1.165) is 16.8 Å². The van der Waals surface area contributed by atoms with Gasteiger partial charge in [0.1, 0.15) is 17.8 Å². The van der Waals surface area contributed by atoms with E-state index in [1.165, 1.54) is 17.1 Å². The van der Waals surface area contributed by atoms with Gasteiger partial charge in [0.25, 0.3) is 5.56 Å². The summed E-state index contributed by atoms with van der Waals surface area (Å²) >= 11 is 6.27. The Bertz CT molecular complexity index is 1630. The molecular formula is C23H17ClN8O3. The second kappa shape index (κ2) is 8.06. The van der Waals surface area contributed by atoms with Crippen LogP contribution in [0.1, 0.15) is 34.5 Å². The van der Waals surface area contributed by atoms with Crippen molar-refractivity contribution < 1.29 is 9.90 Å². The Morgan fingerprint density at radius 3 is 2.83 bits per heavy atom. The number of aromatic nitrogens is 8. The Morgan fingerprint density at radius 1 is 1.17 bits per heavy atom. The number of pyridine rings is 1. The van der Waals surface area contributed by atoms with Crippen LogP contribution in [0.3, 0.4) is 0 Å². The lowest BCUT2D eigenvalue weighted by atomic mass is 10.0. The van der Waals surface area contributed by atoms with Crippen molar-refractivity contribution in [1.82, 2.24) is 39.7 Å². The zero-order valence-corrected chi connectivity index (χ0v) is 18.8. The molecule has 0 saturated heterocycles. The van der Waals surface area contributed by atoms with Crippen molar-refractivity contribution in [1.29, 1.82) is 0 Å². The number of aromatic amines is 2. The number of imidazole rings is 1. The molecule has 0 spiro atoms. The first-order valence-electron chi connectivity index (χ1n) is 10.7. The van der Waals surface area contributed by atoms with E-state index in [4.69, 9.17) is 16.7 Å². The molecule has 0 bridgehead atoms. The van der Waals surface area contributed by atoms with Gasteiger partial charge in [0.05, 0.1) is 23.6 Å².